The molecule has 11 heteroatoms. The zero-order chi connectivity index (χ0) is 39.9. The Kier molecular flexibility index (Phi) is 14.2. The molecule has 0 radical (unpaired) electrons. The van der Waals surface area contributed by atoms with E-state index in [0.29, 0.717) is 5.56 Å². The second-order valence-electron chi connectivity index (χ2n) is 15.5. The number of thioether (sulfide) groups is 1. The first kappa shape index (κ1) is 42.1. The molecule has 10 rings (SSSR count). The summed E-state index contributed by atoms with van der Waals surface area (Å²) in [7, 11) is 4.41. The van der Waals surface area contributed by atoms with Crippen molar-refractivity contribution in [1.29, 1.82) is 0 Å². The first-order chi connectivity index (χ1) is 27.1. The molecule has 0 spiro atoms. The van der Waals surface area contributed by atoms with Gasteiger partial charge in [-0.2, -0.15) is 0 Å². The monoisotopic (exact) mass is 814 g/mol. The van der Waals surface area contributed by atoms with Gasteiger partial charge in [0.15, 0.2) is 0 Å². The topological polar surface area (TPSA) is 90.5 Å². The summed E-state index contributed by atoms with van der Waals surface area (Å²) in [6, 6.07) is 24.2. The highest BCUT2D eigenvalue weighted by molar-refractivity contribution is 7.98. The lowest BCUT2D eigenvalue weighted by atomic mass is 9.66. The van der Waals surface area contributed by atoms with Crippen molar-refractivity contribution in [3.05, 3.63) is 124 Å². The minimum atomic E-state index is -0.253. The zero-order valence-electron chi connectivity index (χ0n) is 33.3. The van der Waals surface area contributed by atoms with E-state index < -0.39 is 0 Å². The Morgan fingerprint density at radius 1 is 0.714 bits per heavy atom. The summed E-state index contributed by atoms with van der Waals surface area (Å²) in [6.45, 7) is 6.21. The van der Waals surface area contributed by atoms with Crippen LogP contribution in [0.1, 0.15) is 109 Å². The van der Waals surface area contributed by atoms with E-state index >= 15 is 0 Å². The van der Waals surface area contributed by atoms with Crippen molar-refractivity contribution >= 4 is 46.8 Å². The molecule has 2 N–H and O–H groups in total. The number of pyridine rings is 2. The fraction of sp³-hybridized carbons (Fsp3) is 0.467. The first-order valence-corrected chi connectivity index (χ1v) is 22.1. The summed E-state index contributed by atoms with van der Waals surface area (Å²) in [4.78, 5) is 39.7. The number of hydrogen-bond acceptors (Lipinski definition) is 7. The molecule has 2 aliphatic carbocycles. The van der Waals surface area contributed by atoms with E-state index in [2.05, 4.69) is 80.9 Å². The Balaban J connectivity index is 0.000000182. The molecule has 2 unspecified atom stereocenters. The van der Waals surface area contributed by atoms with Crippen LogP contribution in [0.4, 0.5) is 0 Å². The molecule has 6 aliphatic rings. The molecule has 56 heavy (non-hydrogen) atoms. The number of nitrogens with one attached hydrogen (secondary N) is 2. The number of fused-ring (bicyclic) bond motifs is 6. The summed E-state index contributed by atoms with van der Waals surface area (Å²) in [5.41, 5.74) is 3.16. The van der Waals surface area contributed by atoms with E-state index in [1.807, 2.05) is 56.5 Å². The summed E-state index contributed by atoms with van der Waals surface area (Å²) >= 11 is 14.0. The van der Waals surface area contributed by atoms with Crippen molar-refractivity contribution in [2.24, 2.45) is 11.8 Å². The molecule has 4 saturated heterocycles. The van der Waals surface area contributed by atoms with Crippen LogP contribution in [0.15, 0.2) is 96.4 Å². The Bertz CT molecular complexity index is 1900. The highest BCUT2D eigenvalue weighted by Gasteiger charge is 2.51. The Morgan fingerprint density at radius 3 is 1.59 bits per heavy atom. The average molecular weight is 816 g/mol. The van der Waals surface area contributed by atoms with Crippen LogP contribution >= 0.6 is 35.0 Å². The fourth-order valence-electron chi connectivity index (χ4n) is 9.75. The van der Waals surface area contributed by atoms with Gasteiger partial charge in [0.25, 0.3) is 11.8 Å². The molecule has 4 aromatic rings. The van der Waals surface area contributed by atoms with Crippen molar-refractivity contribution in [2.75, 3.05) is 33.4 Å². The zero-order valence-corrected chi connectivity index (χ0v) is 35.6. The Morgan fingerprint density at radius 2 is 1.16 bits per heavy atom. The van der Waals surface area contributed by atoms with Gasteiger partial charge < -0.3 is 10.6 Å². The first-order valence-electron chi connectivity index (χ1n) is 20.1. The van der Waals surface area contributed by atoms with Crippen LogP contribution in [-0.4, -0.2) is 76.1 Å². The smallest absolute Gasteiger partial charge is 0.254 e. The van der Waals surface area contributed by atoms with Gasteiger partial charge in [0.05, 0.1) is 33.3 Å². The lowest BCUT2D eigenvalue weighted by Gasteiger charge is -2.57. The van der Waals surface area contributed by atoms with Gasteiger partial charge in [-0.3, -0.25) is 24.4 Å². The number of carbonyl (C=O) groups is 2. The van der Waals surface area contributed by atoms with Gasteiger partial charge in [0.1, 0.15) is 5.03 Å². The molecule has 4 aliphatic heterocycles. The maximum Gasteiger partial charge on any atom is 0.254 e. The van der Waals surface area contributed by atoms with Gasteiger partial charge in [-0.15, -0.1) is 11.8 Å². The molecular weight excluding hydrogens is 760 g/mol. The molecule has 2 aromatic heterocycles. The average Bonchev–Trinajstić information content (AvgIpc) is 3.24. The van der Waals surface area contributed by atoms with Crippen LogP contribution in [0.5, 0.6) is 0 Å². The van der Waals surface area contributed by atoms with Gasteiger partial charge >= 0.3 is 0 Å². The Labute approximate surface area is 347 Å². The van der Waals surface area contributed by atoms with Crippen molar-refractivity contribution < 1.29 is 9.59 Å². The van der Waals surface area contributed by atoms with Crippen molar-refractivity contribution in [3.8, 4) is 0 Å². The number of likely N-dealkylation sites (N-methyl/N-ethyl adjacent to an activating group) is 2. The molecular formula is C45H56Cl2N6O2S. The molecule has 298 valence electrons. The van der Waals surface area contributed by atoms with Gasteiger partial charge in [0, 0.05) is 42.8 Å². The molecule has 4 bridgehead atoms. The van der Waals surface area contributed by atoms with Crippen molar-refractivity contribution in [2.45, 2.75) is 93.4 Å². The van der Waals surface area contributed by atoms with Gasteiger partial charge in [-0.1, -0.05) is 97.7 Å². The number of amides is 2. The number of benzene rings is 2. The number of piperidine rings is 4. The van der Waals surface area contributed by atoms with Gasteiger partial charge in [-0.25, -0.2) is 4.98 Å². The predicted octanol–water partition coefficient (Wildman–Crippen LogP) is 9.91. The molecule has 6 fully saturated rings. The third-order valence-corrected chi connectivity index (χ3v) is 14.0. The third-order valence-electron chi connectivity index (χ3n) is 12.7. The largest absolute Gasteiger partial charge is 0.343 e. The minimum absolute atomic E-state index is 0.00646. The predicted molar refractivity (Wildman–Crippen MR) is 230 cm³/mol. The quantitative estimate of drug-likeness (QED) is 0.163. The van der Waals surface area contributed by atoms with E-state index in [9.17, 15) is 9.59 Å². The second-order valence-corrected chi connectivity index (χ2v) is 17.1. The number of aromatic nitrogens is 2. The molecule has 6 heterocycles. The van der Waals surface area contributed by atoms with Gasteiger partial charge in [-0.05, 0) is 107 Å². The van der Waals surface area contributed by atoms with Crippen LogP contribution in [0.25, 0.3) is 0 Å². The number of hydrogen-bond donors (Lipinski definition) is 2. The van der Waals surface area contributed by atoms with Crippen LogP contribution in [0.2, 0.25) is 10.0 Å². The SMILES string of the molecule is CC.CN1CC2CCC1(C(NC(=O)c1c(Cl)cncc1Cl)c1ccccc1)CC2.CSc1ncccc1C(=O)NC(c1ccccc1)C12CCC(CC1)CN2C. The van der Waals surface area contributed by atoms with E-state index in [0.717, 1.165) is 61.2 Å². The lowest BCUT2D eigenvalue weighted by molar-refractivity contribution is -0.0404. The van der Waals surface area contributed by atoms with E-state index in [4.69, 9.17) is 23.2 Å². The van der Waals surface area contributed by atoms with Crippen molar-refractivity contribution in [3.63, 3.8) is 0 Å². The van der Waals surface area contributed by atoms with Gasteiger partial charge in [0.2, 0.25) is 0 Å². The highest BCUT2D eigenvalue weighted by atomic mass is 35.5. The third kappa shape index (κ3) is 8.68. The molecule has 2 amide bonds. The molecule has 2 aromatic carbocycles. The van der Waals surface area contributed by atoms with Crippen LogP contribution < -0.4 is 10.6 Å². The highest BCUT2D eigenvalue weighted by Crippen LogP contribution is 2.50. The normalized spacial score (nSPS) is 25.1. The number of carbonyl (C=O) groups excluding carboxylic acids is 2. The molecule has 2 saturated carbocycles. The summed E-state index contributed by atoms with van der Waals surface area (Å²) in [5, 5.41) is 7.99. The molecule has 2 atom stereocenters. The minimum Gasteiger partial charge on any atom is -0.343 e. The Hall–Kier alpha value is -3.47. The van der Waals surface area contributed by atoms with Crippen molar-refractivity contribution in [1.82, 2.24) is 30.4 Å². The van der Waals surface area contributed by atoms with Crippen LogP contribution in [0.3, 0.4) is 0 Å². The number of nitrogens with zero attached hydrogens (tertiary/aromatic N) is 4. The second kappa shape index (κ2) is 18.9. The standard InChI is InChI=1S/C22H27N3OS.C21H23Cl2N3O.C2H6/c1-25-15-16-10-12-22(25,13-11-16)19(17-7-4-3-5-8-17)24-20(26)18-9-6-14-23-21(18)27-2;1-26-13-14-7-9-21(26,10-8-14)19(15-5-3-2-4-6-15)25-20(27)18-16(22)11-24-12-17(18)23;1-2/h3-9,14,16,19H,10-13,15H2,1-2H3,(H,24,26);2-6,11-12,14,19H,7-10,13H2,1H3,(H,25,27);1-2H3. The summed E-state index contributed by atoms with van der Waals surface area (Å²) < 4.78 is 0. The number of rotatable bonds is 9. The van der Waals surface area contributed by atoms with E-state index in [-0.39, 0.29) is 50.6 Å². The molecule has 8 nitrogen and oxygen atoms in total. The van der Waals surface area contributed by atoms with E-state index in [1.165, 1.54) is 55.4 Å². The maximum absolute atomic E-state index is 13.2. The summed E-state index contributed by atoms with van der Waals surface area (Å²) in [6.07, 6.45) is 16.0. The van der Waals surface area contributed by atoms with Crippen LogP contribution in [-0.2, 0) is 0 Å². The van der Waals surface area contributed by atoms with E-state index in [1.54, 1.807) is 6.20 Å². The summed E-state index contributed by atoms with van der Waals surface area (Å²) in [5.74, 6) is 1.30. The lowest BCUT2D eigenvalue weighted by Crippen LogP contribution is -2.62. The maximum atomic E-state index is 13.2. The number of halogens is 2. The van der Waals surface area contributed by atoms with Crippen LogP contribution in [0, 0.1) is 11.8 Å². The fourth-order valence-corrected chi connectivity index (χ4v) is 10.8.